The summed E-state index contributed by atoms with van der Waals surface area (Å²) in [6.45, 7) is 0. The maximum absolute atomic E-state index is 2.48. The second-order valence-electron chi connectivity index (χ2n) is 2.45. The Morgan fingerprint density at radius 3 is 3.00 bits per heavy atom. The van der Waals surface area contributed by atoms with E-state index in [9.17, 15) is 0 Å². The molecule has 0 aromatic carbocycles. The Morgan fingerprint density at radius 1 is 1.62 bits per heavy atom. The van der Waals surface area contributed by atoms with Gasteiger partial charge < -0.3 is 0 Å². The molecule has 8 heavy (non-hydrogen) atoms. The van der Waals surface area contributed by atoms with Crippen molar-refractivity contribution in [1.29, 1.82) is 0 Å². The van der Waals surface area contributed by atoms with Crippen molar-refractivity contribution < 1.29 is 21.2 Å². The van der Waals surface area contributed by atoms with Crippen LogP contribution in [0.4, 0.5) is 0 Å². The van der Waals surface area contributed by atoms with E-state index in [1.807, 2.05) is 5.57 Å². The summed E-state index contributed by atoms with van der Waals surface area (Å²) in [5.41, 5.74) is 1.83. The third-order valence-electron chi connectivity index (χ3n) is 1.79. The molecule has 0 radical (unpaired) electrons. The summed E-state index contributed by atoms with van der Waals surface area (Å²) in [5.74, 6) is 0. The molecule has 0 aromatic heterocycles. The molecule has 46 valence electrons. The van der Waals surface area contributed by atoms with Gasteiger partial charge in [0, 0.05) is 0 Å². The average Bonchev–Trinajstić information content (AvgIpc) is 2.49. The van der Waals surface area contributed by atoms with Crippen LogP contribution in [0.5, 0.6) is 0 Å². The van der Waals surface area contributed by atoms with Crippen molar-refractivity contribution in [3.8, 4) is 0 Å². The molecule has 1 heteroatoms. The number of rotatable bonds is 1. The van der Waals surface area contributed by atoms with Gasteiger partial charge in [0.25, 0.3) is 0 Å². The van der Waals surface area contributed by atoms with Crippen molar-refractivity contribution in [3.63, 3.8) is 0 Å². The fourth-order valence-electron chi connectivity index (χ4n) is 1.22. The Labute approximate surface area is 60.6 Å². The Bertz CT molecular complexity index is 122. The molecule has 2 rings (SSSR count). The van der Waals surface area contributed by atoms with E-state index in [1.54, 1.807) is 4.43 Å². The number of hydrogen-bond acceptors (Lipinski definition) is 0. The fourth-order valence-corrected chi connectivity index (χ4v) is 3.17. The van der Waals surface area contributed by atoms with Gasteiger partial charge in [-0.05, 0) is 0 Å². The summed E-state index contributed by atoms with van der Waals surface area (Å²) in [7, 11) is 0. The SMILES string of the molecule is C1=C(C2C[I-]2)CCC1. The van der Waals surface area contributed by atoms with Gasteiger partial charge in [-0.15, -0.1) is 0 Å². The summed E-state index contributed by atoms with van der Waals surface area (Å²) in [5, 5.41) is 0. The fraction of sp³-hybridized carbons (Fsp3) is 0.714. The standard InChI is InChI=1S/C7H10I/c1-2-4-6(3-1)7-5-8-7/h3,7H,1-2,4-5H2/q-1. The van der Waals surface area contributed by atoms with Crippen LogP contribution in [0.15, 0.2) is 11.6 Å². The summed E-state index contributed by atoms with van der Waals surface area (Å²) < 4.78 is 2.77. The zero-order valence-corrected chi connectivity index (χ0v) is 7.02. The van der Waals surface area contributed by atoms with Crippen molar-refractivity contribution in [2.45, 2.75) is 23.2 Å². The Hall–Kier alpha value is 0.470. The first-order valence-corrected chi connectivity index (χ1v) is 6.00. The summed E-state index contributed by atoms with van der Waals surface area (Å²) in [4.78, 5) is 0. The molecule has 0 amide bonds. The first-order chi connectivity index (χ1) is 3.97. The normalized spacial score (nSPS) is 36.0. The Kier molecular flexibility index (Phi) is 1.32. The zero-order chi connectivity index (χ0) is 5.40. The first kappa shape index (κ1) is 5.27. The second kappa shape index (κ2) is 2.01. The first-order valence-electron chi connectivity index (χ1n) is 3.23. The van der Waals surface area contributed by atoms with Gasteiger partial charge in [-0.1, -0.05) is 0 Å². The molecule has 1 aliphatic carbocycles. The van der Waals surface area contributed by atoms with Crippen molar-refractivity contribution >= 4 is 0 Å². The molecule has 0 saturated carbocycles. The zero-order valence-electron chi connectivity index (χ0n) is 4.86. The van der Waals surface area contributed by atoms with Crippen LogP contribution >= 0.6 is 0 Å². The molecule has 1 heterocycles. The van der Waals surface area contributed by atoms with Crippen LogP contribution < -0.4 is 21.2 Å². The number of allylic oxidation sites excluding steroid dienone is 2. The van der Waals surface area contributed by atoms with Gasteiger partial charge in [-0.3, -0.25) is 0 Å². The average molecular weight is 221 g/mol. The summed E-state index contributed by atoms with van der Waals surface area (Å²) in [6, 6.07) is 0. The molecular formula is C7H10I-. The van der Waals surface area contributed by atoms with Crippen molar-refractivity contribution in [2.24, 2.45) is 0 Å². The van der Waals surface area contributed by atoms with Crippen molar-refractivity contribution in [3.05, 3.63) is 11.6 Å². The molecular weight excluding hydrogens is 211 g/mol. The monoisotopic (exact) mass is 221 g/mol. The van der Waals surface area contributed by atoms with E-state index >= 15 is 0 Å². The molecule has 0 spiro atoms. The van der Waals surface area contributed by atoms with Gasteiger partial charge in [0.15, 0.2) is 0 Å². The molecule has 1 fully saturated rings. The van der Waals surface area contributed by atoms with E-state index in [2.05, 4.69) is 6.08 Å². The van der Waals surface area contributed by atoms with E-state index in [1.165, 1.54) is 19.3 Å². The van der Waals surface area contributed by atoms with Crippen molar-refractivity contribution in [1.82, 2.24) is 0 Å². The minimum absolute atomic E-state index is 0.693. The molecule has 1 unspecified atom stereocenters. The number of hydrogen-bond donors (Lipinski definition) is 0. The van der Waals surface area contributed by atoms with Crippen LogP contribution in [-0.2, 0) is 0 Å². The Balaban J connectivity index is 2.02. The summed E-state index contributed by atoms with van der Waals surface area (Å²) >= 11 is 0.693. The van der Waals surface area contributed by atoms with Crippen LogP contribution in [0.3, 0.4) is 0 Å². The third-order valence-corrected chi connectivity index (χ3v) is 4.35. The van der Waals surface area contributed by atoms with E-state index in [0.29, 0.717) is 21.2 Å². The van der Waals surface area contributed by atoms with Gasteiger partial charge in [0.1, 0.15) is 0 Å². The van der Waals surface area contributed by atoms with Crippen LogP contribution in [0, 0.1) is 0 Å². The Morgan fingerprint density at radius 2 is 2.50 bits per heavy atom. The number of halogens is 1. The van der Waals surface area contributed by atoms with E-state index < -0.39 is 0 Å². The topological polar surface area (TPSA) is 0 Å². The molecule has 0 aromatic rings. The van der Waals surface area contributed by atoms with E-state index in [0.717, 1.165) is 3.92 Å². The van der Waals surface area contributed by atoms with Gasteiger partial charge >= 0.3 is 60.5 Å². The van der Waals surface area contributed by atoms with E-state index in [-0.39, 0.29) is 0 Å². The molecule has 1 aliphatic heterocycles. The van der Waals surface area contributed by atoms with Crippen molar-refractivity contribution in [2.75, 3.05) is 4.43 Å². The quantitative estimate of drug-likeness (QED) is 0.289. The van der Waals surface area contributed by atoms with Gasteiger partial charge in [-0.25, -0.2) is 0 Å². The van der Waals surface area contributed by atoms with Crippen LogP contribution in [-0.4, -0.2) is 8.35 Å². The third kappa shape index (κ3) is 0.925. The minimum atomic E-state index is 0.693. The van der Waals surface area contributed by atoms with Crippen LogP contribution in [0.25, 0.3) is 0 Å². The molecule has 1 saturated heterocycles. The predicted molar refractivity (Wildman–Crippen MR) is 30.6 cm³/mol. The van der Waals surface area contributed by atoms with Gasteiger partial charge in [-0.2, -0.15) is 0 Å². The molecule has 0 nitrogen and oxygen atoms in total. The molecule has 2 aliphatic rings. The second-order valence-corrected chi connectivity index (χ2v) is 5.71. The molecule has 1 atom stereocenters. The molecule has 0 bridgehead atoms. The summed E-state index contributed by atoms with van der Waals surface area (Å²) in [6.07, 6.45) is 6.77. The van der Waals surface area contributed by atoms with Gasteiger partial charge in [0.05, 0.1) is 0 Å². The molecule has 0 N–H and O–H groups in total. The van der Waals surface area contributed by atoms with Crippen LogP contribution in [0.2, 0.25) is 0 Å². The van der Waals surface area contributed by atoms with Gasteiger partial charge in [0.2, 0.25) is 0 Å². The number of alkyl halides is 2. The van der Waals surface area contributed by atoms with Crippen LogP contribution in [0.1, 0.15) is 19.3 Å². The maximum atomic E-state index is 2.48. The predicted octanol–water partition coefficient (Wildman–Crippen LogP) is -1.43. The van der Waals surface area contributed by atoms with E-state index in [4.69, 9.17) is 0 Å².